The Morgan fingerprint density at radius 3 is 3.06 bits per heavy atom. The molecule has 0 atom stereocenters. The molecule has 4 nitrogen and oxygen atoms in total. The number of nitrogens with one attached hydrogen (secondary N) is 1. The second-order valence-electron chi connectivity index (χ2n) is 4.28. The molecule has 1 aromatic rings. The summed E-state index contributed by atoms with van der Waals surface area (Å²) in [6.07, 6.45) is 2.99. The van der Waals surface area contributed by atoms with Gasteiger partial charge in [-0.05, 0) is 6.07 Å². The minimum atomic E-state index is 0.838. The van der Waals surface area contributed by atoms with Gasteiger partial charge < -0.3 is 15.0 Å². The Hall–Kier alpha value is -1.13. The quantitative estimate of drug-likeness (QED) is 0.749. The summed E-state index contributed by atoms with van der Waals surface area (Å²) in [5, 5.41) is 3.42. The number of pyridine rings is 1. The van der Waals surface area contributed by atoms with Crippen LogP contribution < -0.4 is 10.2 Å². The van der Waals surface area contributed by atoms with E-state index in [9.17, 15) is 0 Å². The molecule has 1 saturated heterocycles. The Morgan fingerprint density at radius 2 is 2.19 bits per heavy atom. The van der Waals surface area contributed by atoms with Crippen molar-refractivity contribution in [3.05, 3.63) is 23.5 Å². The van der Waals surface area contributed by atoms with E-state index >= 15 is 0 Å². The lowest BCUT2D eigenvalue weighted by Gasteiger charge is -2.32. The summed E-state index contributed by atoms with van der Waals surface area (Å²) in [5.74, 6) is 0. The summed E-state index contributed by atoms with van der Waals surface area (Å²) in [6.45, 7) is 5.67. The molecule has 1 fully saturated rings. The zero-order chi connectivity index (χ0) is 10.8. The van der Waals surface area contributed by atoms with E-state index in [1.807, 2.05) is 6.20 Å². The van der Waals surface area contributed by atoms with Gasteiger partial charge in [-0.3, -0.25) is 4.98 Å². The minimum Gasteiger partial charge on any atom is -0.378 e. The zero-order valence-corrected chi connectivity index (χ0v) is 9.41. The lowest BCUT2D eigenvalue weighted by Crippen LogP contribution is -2.38. The van der Waals surface area contributed by atoms with Gasteiger partial charge in [0.25, 0.3) is 0 Å². The van der Waals surface area contributed by atoms with Gasteiger partial charge in [-0.2, -0.15) is 0 Å². The van der Waals surface area contributed by atoms with Crippen LogP contribution in [0.1, 0.15) is 11.3 Å². The monoisotopic (exact) mass is 219 g/mol. The fraction of sp³-hybridized carbons (Fsp3) is 0.583. The fourth-order valence-electron chi connectivity index (χ4n) is 2.45. The van der Waals surface area contributed by atoms with E-state index < -0.39 is 0 Å². The van der Waals surface area contributed by atoms with Crippen LogP contribution >= 0.6 is 0 Å². The molecule has 86 valence electrons. The Morgan fingerprint density at radius 1 is 1.31 bits per heavy atom. The molecule has 4 heteroatoms. The summed E-state index contributed by atoms with van der Waals surface area (Å²) in [5.41, 5.74) is 4.00. The molecule has 0 spiro atoms. The number of aromatic nitrogens is 1. The van der Waals surface area contributed by atoms with E-state index in [1.54, 1.807) is 0 Å². The van der Waals surface area contributed by atoms with E-state index in [2.05, 4.69) is 21.3 Å². The lowest BCUT2D eigenvalue weighted by molar-refractivity contribution is 0.122. The molecular weight excluding hydrogens is 202 g/mol. The number of ether oxygens (including phenoxy) is 1. The molecule has 0 bridgehead atoms. The van der Waals surface area contributed by atoms with Crippen molar-refractivity contribution >= 4 is 5.69 Å². The maximum absolute atomic E-state index is 5.39. The Kier molecular flexibility index (Phi) is 2.76. The first kappa shape index (κ1) is 10.1. The third-order valence-corrected chi connectivity index (χ3v) is 3.31. The Balaban J connectivity index is 1.93. The number of anilines is 1. The summed E-state index contributed by atoms with van der Waals surface area (Å²) in [4.78, 5) is 6.89. The SMILES string of the molecule is c1cc(N2CCOCC2)c2c(n1)CCNC2. The predicted molar refractivity (Wildman–Crippen MR) is 62.7 cm³/mol. The molecule has 1 N–H and O–H groups in total. The highest BCUT2D eigenvalue weighted by Gasteiger charge is 2.19. The van der Waals surface area contributed by atoms with Gasteiger partial charge in [0.05, 0.1) is 13.2 Å². The summed E-state index contributed by atoms with van der Waals surface area (Å²) in [7, 11) is 0. The van der Waals surface area contributed by atoms with Gasteiger partial charge >= 0.3 is 0 Å². The average Bonchev–Trinajstić information content (AvgIpc) is 2.39. The number of hydrogen-bond donors (Lipinski definition) is 1. The van der Waals surface area contributed by atoms with Gasteiger partial charge in [-0.25, -0.2) is 0 Å². The zero-order valence-electron chi connectivity index (χ0n) is 9.41. The number of nitrogens with zero attached hydrogens (tertiary/aromatic N) is 2. The molecule has 0 amide bonds. The molecule has 2 aliphatic rings. The van der Waals surface area contributed by atoms with Crippen LogP contribution in [0.25, 0.3) is 0 Å². The van der Waals surface area contributed by atoms with Crippen molar-refractivity contribution in [1.29, 1.82) is 0 Å². The van der Waals surface area contributed by atoms with Crippen molar-refractivity contribution in [2.75, 3.05) is 37.7 Å². The summed E-state index contributed by atoms with van der Waals surface area (Å²) in [6, 6.07) is 2.14. The second-order valence-corrected chi connectivity index (χ2v) is 4.28. The van der Waals surface area contributed by atoms with Crippen molar-refractivity contribution in [3.63, 3.8) is 0 Å². The lowest BCUT2D eigenvalue weighted by atomic mass is 10.0. The second kappa shape index (κ2) is 4.39. The van der Waals surface area contributed by atoms with Crippen molar-refractivity contribution in [1.82, 2.24) is 10.3 Å². The number of morpholine rings is 1. The molecule has 3 rings (SSSR count). The van der Waals surface area contributed by atoms with E-state index in [-0.39, 0.29) is 0 Å². The Labute approximate surface area is 95.6 Å². The molecule has 0 saturated carbocycles. The van der Waals surface area contributed by atoms with E-state index in [0.29, 0.717) is 0 Å². The molecule has 3 heterocycles. The third-order valence-electron chi connectivity index (χ3n) is 3.31. The molecule has 2 aliphatic heterocycles. The summed E-state index contributed by atoms with van der Waals surface area (Å²) >= 11 is 0. The van der Waals surface area contributed by atoms with Gasteiger partial charge in [0, 0.05) is 55.7 Å². The van der Waals surface area contributed by atoms with Crippen molar-refractivity contribution in [2.24, 2.45) is 0 Å². The number of rotatable bonds is 1. The average molecular weight is 219 g/mol. The van der Waals surface area contributed by atoms with Crippen LogP contribution in [-0.4, -0.2) is 37.8 Å². The molecule has 1 aromatic heterocycles. The highest BCUT2D eigenvalue weighted by atomic mass is 16.5. The van der Waals surface area contributed by atoms with Gasteiger partial charge in [0.2, 0.25) is 0 Å². The first-order valence-corrected chi connectivity index (χ1v) is 5.95. The molecule has 0 aliphatic carbocycles. The fourth-order valence-corrected chi connectivity index (χ4v) is 2.45. The topological polar surface area (TPSA) is 37.4 Å². The first-order valence-electron chi connectivity index (χ1n) is 5.95. The van der Waals surface area contributed by atoms with Crippen molar-refractivity contribution < 1.29 is 4.74 Å². The maximum Gasteiger partial charge on any atom is 0.0642 e. The largest absolute Gasteiger partial charge is 0.378 e. The molecule has 0 radical (unpaired) electrons. The van der Waals surface area contributed by atoms with Crippen LogP contribution in [0, 0.1) is 0 Å². The minimum absolute atomic E-state index is 0.838. The van der Waals surface area contributed by atoms with Gasteiger partial charge in [-0.1, -0.05) is 0 Å². The predicted octanol–water partition coefficient (Wildman–Crippen LogP) is 0.564. The standard InChI is InChI=1S/C12H17N3O/c1-3-13-9-10-11(1)14-4-2-12(10)15-5-7-16-8-6-15/h2,4,13H,1,3,5-9H2. The number of hydrogen-bond acceptors (Lipinski definition) is 4. The van der Waals surface area contributed by atoms with Crippen LogP contribution in [-0.2, 0) is 17.7 Å². The molecule has 0 unspecified atom stereocenters. The van der Waals surface area contributed by atoms with Crippen LogP contribution in [0.3, 0.4) is 0 Å². The maximum atomic E-state index is 5.39. The van der Waals surface area contributed by atoms with Gasteiger partial charge in [0.15, 0.2) is 0 Å². The highest BCUT2D eigenvalue weighted by Crippen LogP contribution is 2.25. The van der Waals surface area contributed by atoms with Crippen LogP contribution in [0.2, 0.25) is 0 Å². The third kappa shape index (κ3) is 1.79. The molecular formula is C12H17N3O. The van der Waals surface area contributed by atoms with Crippen LogP contribution in [0.15, 0.2) is 12.3 Å². The van der Waals surface area contributed by atoms with Crippen LogP contribution in [0.5, 0.6) is 0 Å². The summed E-state index contributed by atoms with van der Waals surface area (Å²) < 4.78 is 5.39. The van der Waals surface area contributed by atoms with E-state index in [0.717, 1.165) is 45.8 Å². The van der Waals surface area contributed by atoms with Gasteiger partial charge in [-0.15, -0.1) is 0 Å². The molecule has 0 aromatic carbocycles. The van der Waals surface area contributed by atoms with E-state index in [1.165, 1.54) is 16.9 Å². The highest BCUT2D eigenvalue weighted by molar-refractivity contribution is 5.55. The normalized spacial score (nSPS) is 20.6. The first-order chi connectivity index (χ1) is 7.95. The van der Waals surface area contributed by atoms with Crippen molar-refractivity contribution in [3.8, 4) is 0 Å². The molecule has 16 heavy (non-hydrogen) atoms. The van der Waals surface area contributed by atoms with Crippen molar-refractivity contribution in [2.45, 2.75) is 13.0 Å². The van der Waals surface area contributed by atoms with E-state index in [4.69, 9.17) is 4.74 Å². The number of fused-ring (bicyclic) bond motifs is 1. The smallest absolute Gasteiger partial charge is 0.0642 e. The van der Waals surface area contributed by atoms with Gasteiger partial charge in [0.1, 0.15) is 0 Å². The van der Waals surface area contributed by atoms with Crippen LogP contribution in [0.4, 0.5) is 5.69 Å². The Bertz CT molecular complexity index is 375.